The van der Waals surface area contributed by atoms with E-state index in [0.29, 0.717) is 22.4 Å². The Bertz CT molecular complexity index is 1080. The Hall–Kier alpha value is -4.13. The molecule has 3 aromatic rings. The predicted octanol–water partition coefficient (Wildman–Crippen LogP) is 3.29. The number of phenols is 1. The zero-order valence-corrected chi connectivity index (χ0v) is 14.6. The number of amides is 1. The van der Waals surface area contributed by atoms with Crippen LogP contribution in [0.15, 0.2) is 66.7 Å². The molecule has 3 aromatic carbocycles. The van der Waals surface area contributed by atoms with E-state index in [2.05, 4.69) is 5.32 Å². The van der Waals surface area contributed by atoms with Gasteiger partial charge in [0.15, 0.2) is 0 Å². The van der Waals surface area contributed by atoms with Gasteiger partial charge in [0.2, 0.25) is 0 Å². The molecule has 6 N–H and O–H groups in total. The third kappa shape index (κ3) is 3.83. The molecule has 0 aliphatic rings. The largest absolute Gasteiger partial charge is 0.508 e. The van der Waals surface area contributed by atoms with Crippen molar-refractivity contribution in [3.05, 3.63) is 83.4 Å². The highest BCUT2D eigenvalue weighted by atomic mass is 16.4. The molecule has 0 aliphatic carbocycles. The number of hydrogen-bond acceptors (Lipinski definition) is 4. The van der Waals surface area contributed by atoms with Crippen molar-refractivity contribution >= 4 is 23.4 Å². The number of carbonyl (C=O) groups is 2. The van der Waals surface area contributed by atoms with E-state index < -0.39 is 11.9 Å². The van der Waals surface area contributed by atoms with Crippen molar-refractivity contribution < 1.29 is 19.8 Å². The first kappa shape index (κ1) is 18.7. The van der Waals surface area contributed by atoms with Crippen LogP contribution >= 0.6 is 0 Å². The number of nitrogens with one attached hydrogen (secondary N) is 2. The molecule has 7 heteroatoms. The number of carboxylic acid groups (broad SMARTS) is 1. The molecule has 0 atom stereocenters. The molecule has 0 aromatic heterocycles. The summed E-state index contributed by atoms with van der Waals surface area (Å²) in [6, 6.07) is 16.9. The molecule has 0 saturated heterocycles. The summed E-state index contributed by atoms with van der Waals surface area (Å²) in [5, 5.41) is 29.4. The lowest BCUT2D eigenvalue weighted by molar-refractivity contribution is 0.0697. The van der Waals surface area contributed by atoms with Crippen LogP contribution in [0.2, 0.25) is 0 Å². The molecule has 0 saturated carbocycles. The molecule has 28 heavy (non-hydrogen) atoms. The standard InChI is InChI=1S/C21H17N3O4/c22-19(23)12-5-7-13(8-6-12)24-20(26)18-11-14(25)9-10-16(18)15-3-1-2-4-17(15)21(27)28/h1-11,25H,(H3,22,23)(H,24,26)(H,27,28). The normalized spacial score (nSPS) is 10.3. The van der Waals surface area contributed by atoms with Gasteiger partial charge in [-0.05, 0) is 59.7 Å². The number of carboxylic acids is 1. The Kier molecular flexibility index (Phi) is 5.08. The number of benzene rings is 3. The fourth-order valence-electron chi connectivity index (χ4n) is 2.79. The topological polar surface area (TPSA) is 136 Å². The number of nitrogens with two attached hydrogens (primary N) is 1. The van der Waals surface area contributed by atoms with Gasteiger partial charge in [-0.3, -0.25) is 10.2 Å². The van der Waals surface area contributed by atoms with Gasteiger partial charge in [0, 0.05) is 11.3 Å². The summed E-state index contributed by atoms with van der Waals surface area (Å²) in [5.41, 5.74) is 7.33. The van der Waals surface area contributed by atoms with E-state index in [9.17, 15) is 19.8 Å². The maximum absolute atomic E-state index is 12.8. The van der Waals surface area contributed by atoms with Crippen LogP contribution in [0.1, 0.15) is 26.3 Å². The van der Waals surface area contributed by atoms with Gasteiger partial charge in [-0.15, -0.1) is 0 Å². The van der Waals surface area contributed by atoms with Crippen LogP contribution < -0.4 is 11.1 Å². The fraction of sp³-hybridized carbons (Fsp3) is 0. The number of carbonyl (C=O) groups excluding carboxylic acids is 1. The van der Waals surface area contributed by atoms with Crippen molar-refractivity contribution in [1.29, 1.82) is 5.41 Å². The molecular formula is C21H17N3O4. The molecular weight excluding hydrogens is 358 g/mol. The van der Waals surface area contributed by atoms with Crippen LogP contribution in [0.3, 0.4) is 0 Å². The van der Waals surface area contributed by atoms with Crippen molar-refractivity contribution in [3.8, 4) is 16.9 Å². The van der Waals surface area contributed by atoms with Gasteiger partial charge in [-0.25, -0.2) is 4.79 Å². The highest BCUT2D eigenvalue weighted by molar-refractivity contribution is 6.10. The zero-order chi connectivity index (χ0) is 20.3. The monoisotopic (exact) mass is 375 g/mol. The highest BCUT2D eigenvalue weighted by Crippen LogP contribution is 2.30. The molecule has 0 unspecified atom stereocenters. The minimum atomic E-state index is -1.12. The van der Waals surface area contributed by atoms with Gasteiger partial charge in [0.1, 0.15) is 11.6 Å². The second-order valence-corrected chi connectivity index (χ2v) is 6.03. The van der Waals surface area contributed by atoms with Gasteiger partial charge < -0.3 is 21.3 Å². The van der Waals surface area contributed by atoms with Crippen molar-refractivity contribution in [3.63, 3.8) is 0 Å². The molecule has 0 spiro atoms. The van der Waals surface area contributed by atoms with Crippen molar-refractivity contribution in [1.82, 2.24) is 0 Å². The minimum Gasteiger partial charge on any atom is -0.508 e. The van der Waals surface area contributed by atoms with Crippen LogP contribution in [0, 0.1) is 5.41 Å². The van der Waals surface area contributed by atoms with Crippen molar-refractivity contribution in [2.24, 2.45) is 5.73 Å². The fourth-order valence-corrected chi connectivity index (χ4v) is 2.79. The molecule has 0 heterocycles. The molecule has 0 aliphatic heterocycles. The number of amidine groups is 1. The number of hydrogen-bond donors (Lipinski definition) is 5. The van der Waals surface area contributed by atoms with Crippen LogP contribution in [0.25, 0.3) is 11.1 Å². The first-order chi connectivity index (χ1) is 13.4. The van der Waals surface area contributed by atoms with E-state index in [-0.39, 0.29) is 22.7 Å². The van der Waals surface area contributed by atoms with Crippen molar-refractivity contribution in [2.45, 2.75) is 0 Å². The van der Waals surface area contributed by atoms with Crippen LogP contribution in [0.5, 0.6) is 5.75 Å². The van der Waals surface area contributed by atoms with Gasteiger partial charge in [-0.1, -0.05) is 18.2 Å². The predicted molar refractivity (Wildman–Crippen MR) is 106 cm³/mol. The minimum absolute atomic E-state index is 0.0491. The van der Waals surface area contributed by atoms with Crippen molar-refractivity contribution in [2.75, 3.05) is 5.32 Å². The number of anilines is 1. The average Bonchev–Trinajstić information content (AvgIpc) is 2.68. The Morgan fingerprint density at radius 1 is 0.893 bits per heavy atom. The lowest BCUT2D eigenvalue weighted by atomic mass is 9.94. The number of aromatic hydroxyl groups is 1. The maximum atomic E-state index is 12.8. The van der Waals surface area contributed by atoms with Gasteiger partial charge >= 0.3 is 5.97 Å². The average molecular weight is 375 g/mol. The van der Waals surface area contributed by atoms with E-state index in [1.165, 1.54) is 24.3 Å². The van der Waals surface area contributed by atoms with Crippen LogP contribution in [-0.2, 0) is 0 Å². The van der Waals surface area contributed by atoms with Gasteiger partial charge in [0.25, 0.3) is 5.91 Å². The summed E-state index contributed by atoms with van der Waals surface area (Å²) in [5.74, 6) is -1.83. The quantitative estimate of drug-likeness (QED) is 0.344. The SMILES string of the molecule is N=C(N)c1ccc(NC(=O)c2cc(O)ccc2-c2ccccc2C(=O)O)cc1. The molecule has 3 rings (SSSR count). The summed E-state index contributed by atoms with van der Waals surface area (Å²) >= 11 is 0. The third-order valence-electron chi connectivity index (χ3n) is 4.15. The van der Waals surface area contributed by atoms with E-state index in [1.54, 1.807) is 42.5 Å². The number of rotatable bonds is 5. The molecule has 0 bridgehead atoms. The van der Waals surface area contributed by atoms with E-state index >= 15 is 0 Å². The molecule has 140 valence electrons. The number of nitrogen functional groups attached to an aromatic ring is 1. The lowest BCUT2D eigenvalue weighted by Gasteiger charge is -2.13. The molecule has 7 nitrogen and oxygen atoms in total. The first-order valence-electron chi connectivity index (χ1n) is 8.28. The summed E-state index contributed by atoms with van der Waals surface area (Å²) in [6.45, 7) is 0. The molecule has 1 amide bonds. The summed E-state index contributed by atoms with van der Waals surface area (Å²) in [6.07, 6.45) is 0. The summed E-state index contributed by atoms with van der Waals surface area (Å²) in [7, 11) is 0. The Balaban J connectivity index is 2.00. The molecule has 0 radical (unpaired) electrons. The summed E-state index contributed by atoms with van der Waals surface area (Å²) < 4.78 is 0. The summed E-state index contributed by atoms with van der Waals surface area (Å²) in [4.78, 5) is 24.4. The van der Waals surface area contributed by atoms with E-state index in [0.717, 1.165) is 0 Å². The smallest absolute Gasteiger partial charge is 0.336 e. The third-order valence-corrected chi connectivity index (χ3v) is 4.15. The number of phenolic OH excluding ortho intramolecular Hbond substituents is 1. The zero-order valence-electron chi connectivity index (χ0n) is 14.6. The Morgan fingerprint density at radius 2 is 1.54 bits per heavy atom. The Labute approximate surface area is 160 Å². The second kappa shape index (κ2) is 7.63. The molecule has 0 fully saturated rings. The number of aromatic carboxylic acids is 1. The van der Waals surface area contributed by atoms with Gasteiger partial charge in [-0.2, -0.15) is 0 Å². The first-order valence-corrected chi connectivity index (χ1v) is 8.28. The highest BCUT2D eigenvalue weighted by Gasteiger charge is 2.18. The van der Waals surface area contributed by atoms with Crippen LogP contribution in [-0.4, -0.2) is 27.9 Å². The Morgan fingerprint density at radius 3 is 2.18 bits per heavy atom. The van der Waals surface area contributed by atoms with Crippen LogP contribution in [0.4, 0.5) is 5.69 Å². The van der Waals surface area contributed by atoms with Gasteiger partial charge in [0.05, 0.1) is 11.1 Å². The maximum Gasteiger partial charge on any atom is 0.336 e. The second-order valence-electron chi connectivity index (χ2n) is 6.03. The lowest BCUT2D eigenvalue weighted by Crippen LogP contribution is -2.14. The van der Waals surface area contributed by atoms with E-state index in [1.807, 2.05) is 0 Å². The van der Waals surface area contributed by atoms with E-state index in [4.69, 9.17) is 11.1 Å².